The maximum atomic E-state index is 13.7. The first-order valence-corrected chi connectivity index (χ1v) is 11.1. The number of methoxy groups -OCH3 is 1. The number of benzene rings is 1. The first-order valence-electron chi connectivity index (χ1n) is 11.1. The number of nitrogens with zero attached hydrogens (tertiary/aromatic N) is 5. The minimum absolute atomic E-state index is 0.169. The van der Waals surface area contributed by atoms with Crippen molar-refractivity contribution in [3.05, 3.63) is 84.0 Å². The third kappa shape index (κ3) is 3.75. The van der Waals surface area contributed by atoms with E-state index in [9.17, 15) is 4.79 Å². The van der Waals surface area contributed by atoms with Gasteiger partial charge in [0.15, 0.2) is 5.65 Å². The Morgan fingerprint density at radius 1 is 1.26 bits per heavy atom. The molecule has 1 aliphatic carbocycles. The summed E-state index contributed by atoms with van der Waals surface area (Å²) in [5.74, 6) is 0.793. The van der Waals surface area contributed by atoms with Crippen molar-refractivity contribution < 1.29 is 4.74 Å². The fraction of sp³-hybridized carbons (Fsp3) is 0.240. The molecule has 0 bridgehead atoms. The fourth-order valence-corrected chi connectivity index (χ4v) is 4.19. The Morgan fingerprint density at radius 2 is 2.09 bits per heavy atom. The average molecular weight is 458 g/mol. The topological polar surface area (TPSA) is 90.4 Å². The summed E-state index contributed by atoms with van der Waals surface area (Å²) >= 11 is 0. The Bertz CT molecular complexity index is 1460. The first kappa shape index (κ1) is 21.6. The van der Waals surface area contributed by atoms with Crippen LogP contribution in [0.2, 0.25) is 0 Å². The van der Waals surface area contributed by atoms with Gasteiger partial charge in [0.05, 0.1) is 30.4 Å². The number of rotatable bonds is 8. The molecule has 34 heavy (non-hydrogen) atoms. The average Bonchev–Trinajstić information content (AvgIpc) is 3.38. The van der Waals surface area contributed by atoms with Crippen molar-refractivity contribution in [1.82, 2.24) is 23.7 Å². The third-order valence-electron chi connectivity index (χ3n) is 6.14. The monoisotopic (exact) mass is 457 g/mol. The second kappa shape index (κ2) is 8.58. The minimum Gasteiger partial charge on any atom is -0.478 e. The van der Waals surface area contributed by atoms with E-state index in [1.54, 1.807) is 33.0 Å². The highest BCUT2D eigenvalue weighted by Gasteiger charge is 2.26. The molecule has 0 radical (unpaired) electrons. The van der Waals surface area contributed by atoms with Crippen LogP contribution in [0.1, 0.15) is 30.9 Å². The molecule has 3 aromatic heterocycles. The minimum atomic E-state index is -0.169. The number of imidazole rings is 1. The molecule has 5 rings (SSSR count). The number of anilines is 3. The third-order valence-corrected chi connectivity index (χ3v) is 6.14. The van der Waals surface area contributed by atoms with Crippen LogP contribution in [-0.4, -0.2) is 30.8 Å². The van der Waals surface area contributed by atoms with Crippen molar-refractivity contribution in [3.63, 3.8) is 0 Å². The van der Waals surface area contributed by atoms with Gasteiger partial charge in [0.25, 0.3) is 5.88 Å². The van der Waals surface area contributed by atoms with E-state index in [2.05, 4.69) is 33.9 Å². The Balaban J connectivity index is 1.68. The highest BCUT2D eigenvalue weighted by molar-refractivity contribution is 5.75. The van der Waals surface area contributed by atoms with Crippen molar-refractivity contribution in [2.75, 3.05) is 17.7 Å². The van der Waals surface area contributed by atoms with Crippen LogP contribution < -0.4 is 21.1 Å². The molecule has 0 atom stereocenters. The molecule has 9 nitrogen and oxygen atoms in total. The number of aromatic nitrogens is 5. The van der Waals surface area contributed by atoms with Crippen LogP contribution in [0, 0.1) is 0 Å². The lowest BCUT2D eigenvalue weighted by atomic mass is 9.83. The molecule has 0 aliphatic heterocycles. The quantitative estimate of drug-likeness (QED) is 0.382. The summed E-state index contributed by atoms with van der Waals surface area (Å²) in [7, 11) is 3.40. The highest BCUT2D eigenvalue weighted by Crippen LogP contribution is 2.37. The zero-order valence-electron chi connectivity index (χ0n) is 19.3. The van der Waals surface area contributed by atoms with Gasteiger partial charge in [-0.15, -0.1) is 5.10 Å². The van der Waals surface area contributed by atoms with Crippen molar-refractivity contribution in [3.8, 4) is 11.6 Å². The van der Waals surface area contributed by atoms with Crippen molar-refractivity contribution in [1.29, 1.82) is 0 Å². The Morgan fingerprint density at radius 3 is 2.79 bits per heavy atom. The Labute approximate surface area is 197 Å². The summed E-state index contributed by atoms with van der Waals surface area (Å²) in [5, 5.41) is 10.9. The van der Waals surface area contributed by atoms with Crippen molar-refractivity contribution >= 4 is 22.7 Å². The van der Waals surface area contributed by atoms with Gasteiger partial charge >= 0.3 is 5.69 Å². The van der Waals surface area contributed by atoms with Gasteiger partial charge in [0.1, 0.15) is 5.69 Å². The summed E-state index contributed by atoms with van der Waals surface area (Å²) < 4.78 is 10.4. The lowest BCUT2D eigenvalue weighted by Gasteiger charge is -2.25. The normalized spacial score (nSPS) is 13.5. The molecule has 1 aromatic carbocycles. The molecule has 2 N–H and O–H groups in total. The van der Waals surface area contributed by atoms with E-state index >= 15 is 0 Å². The number of ether oxygens (including phenoxy) is 1. The first-order chi connectivity index (χ1) is 16.5. The standard InChI is InChI=1S/C25H27N7O2/c1-5-16(2)27-18-10-7-11-19(12-18)31-15-20(28-21-14-30(3)29-24(21)34-4)23-26-13-22(17-8-6-9-17)32(23)25(31)33/h5,7,10-15,17,27-28H,1-2,6,8-9H2,3-4H3. The van der Waals surface area contributed by atoms with Gasteiger partial charge in [-0.05, 0) is 37.1 Å². The zero-order chi connectivity index (χ0) is 23.8. The number of hydrogen-bond donors (Lipinski definition) is 2. The summed E-state index contributed by atoms with van der Waals surface area (Å²) in [4.78, 5) is 18.4. The molecule has 174 valence electrons. The van der Waals surface area contributed by atoms with Gasteiger partial charge in [-0.1, -0.05) is 25.6 Å². The van der Waals surface area contributed by atoms with Gasteiger partial charge in [-0.3, -0.25) is 9.25 Å². The van der Waals surface area contributed by atoms with Crippen LogP contribution in [0.3, 0.4) is 0 Å². The van der Waals surface area contributed by atoms with E-state index in [1.807, 2.05) is 43.7 Å². The molecular formula is C25H27N7O2. The van der Waals surface area contributed by atoms with Crippen LogP contribution in [0.15, 0.2) is 72.6 Å². The second-order valence-electron chi connectivity index (χ2n) is 8.42. The van der Waals surface area contributed by atoms with Crippen LogP contribution in [-0.2, 0) is 7.05 Å². The molecule has 4 aromatic rings. The van der Waals surface area contributed by atoms with Gasteiger partial charge < -0.3 is 15.4 Å². The van der Waals surface area contributed by atoms with E-state index in [-0.39, 0.29) is 5.69 Å². The van der Waals surface area contributed by atoms with E-state index < -0.39 is 0 Å². The zero-order valence-corrected chi connectivity index (χ0v) is 19.3. The number of allylic oxidation sites excluding steroid dienone is 1. The van der Waals surface area contributed by atoms with E-state index in [0.717, 1.165) is 30.6 Å². The van der Waals surface area contributed by atoms with E-state index in [0.29, 0.717) is 40.2 Å². The summed E-state index contributed by atoms with van der Waals surface area (Å²) in [6.45, 7) is 7.64. The number of hydrogen-bond acceptors (Lipinski definition) is 6. The smallest absolute Gasteiger partial charge is 0.338 e. The number of fused-ring (bicyclic) bond motifs is 1. The lowest BCUT2D eigenvalue weighted by Crippen LogP contribution is -2.28. The molecule has 0 saturated heterocycles. The predicted octanol–water partition coefficient (Wildman–Crippen LogP) is 4.35. The van der Waals surface area contributed by atoms with Gasteiger partial charge in [-0.2, -0.15) is 0 Å². The van der Waals surface area contributed by atoms with E-state index in [4.69, 9.17) is 4.74 Å². The maximum Gasteiger partial charge on any atom is 0.338 e. The lowest BCUT2D eigenvalue weighted by molar-refractivity contribution is 0.393. The molecule has 0 unspecified atom stereocenters. The number of nitrogens with one attached hydrogen (secondary N) is 2. The fourth-order valence-electron chi connectivity index (χ4n) is 4.19. The largest absolute Gasteiger partial charge is 0.478 e. The van der Waals surface area contributed by atoms with E-state index in [1.165, 1.54) is 0 Å². The summed E-state index contributed by atoms with van der Waals surface area (Å²) in [6, 6.07) is 7.60. The maximum absolute atomic E-state index is 13.7. The van der Waals surface area contributed by atoms with Crippen LogP contribution in [0.25, 0.3) is 11.3 Å². The number of aryl methyl sites for hydroxylation is 1. The molecule has 9 heteroatoms. The van der Waals surface area contributed by atoms with Crippen LogP contribution >= 0.6 is 0 Å². The van der Waals surface area contributed by atoms with Crippen molar-refractivity contribution in [2.24, 2.45) is 7.05 Å². The second-order valence-corrected chi connectivity index (χ2v) is 8.42. The molecule has 0 spiro atoms. The predicted molar refractivity (Wildman–Crippen MR) is 133 cm³/mol. The molecule has 3 heterocycles. The Hall–Kier alpha value is -4.27. The SMILES string of the molecule is C=CC(=C)Nc1cccc(-n2cc(Nc3cn(C)nc3OC)c3ncc(C4CCC4)n3c2=O)c1. The van der Waals surface area contributed by atoms with Crippen LogP contribution in [0.4, 0.5) is 17.1 Å². The highest BCUT2D eigenvalue weighted by atomic mass is 16.5. The Kier molecular flexibility index (Phi) is 5.45. The van der Waals surface area contributed by atoms with Crippen LogP contribution in [0.5, 0.6) is 5.88 Å². The van der Waals surface area contributed by atoms with Gasteiger partial charge in [-0.25, -0.2) is 14.2 Å². The summed E-state index contributed by atoms with van der Waals surface area (Å²) in [6.07, 6.45) is 10.3. The molecule has 1 fully saturated rings. The molecule has 1 saturated carbocycles. The molecule has 0 amide bonds. The van der Waals surface area contributed by atoms with Gasteiger partial charge in [0, 0.05) is 36.7 Å². The van der Waals surface area contributed by atoms with Crippen molar-refractivity contribution in [2.45, 2.75) is 25.2 Å². The van der Waals surface area contributed by atoms with Gasteiger partial charge in [0.2, 0.25) is 0 Å². The summed E-state index contributed by atoms with van der Waals surface area (Å²) in [5.41, 5.74) is 4.89. The molecular weight excluding hydrogens is 430 g/mol. The molecule has 1 aliphatic rings.